The van der Waals surface area contributed by atoms with E-state index in [1.54, 1.807) is 0 Å². The summed E-state index contributed by atoms with van der Waals surface area (Å²) < 4.78 is 5.49. The van der Waals surface area contributed by atoms with Crippen molar-refractivity contribution in [3.8, 4) is 0 Å². The van der Waals surface area contributed by atoms with Gasteiger partial charge in [-0.2, -0.15) is 0 Å². The van der Waals surface area contributed by atoms with Gasteiger partial charge < -0.3 is 9.84 Å². The van der Waals surface area contributed by atoms with Crippen LogP contribution in [0.5, 0.6) is 0 Å². The van der Waals surface area contributed by atoms with Crippen molar-refractivity contribution in [1.82, 2.24) is 4.90 Å². The summed E-state index contributed by atoms with van der Waals surface area (Å²) in [4.78, 5) is 13.7. The summed E-state index contributed by atoms with van der Waals surface area (Å²) in [5, 5.41) is 9.54. The van der Waals surface area contributed by atoms with Crippen LogP contribution in [0.3, 0.4) is 0 Å². The van der Waals surface area contributed by atoms with E-state index in [4.69, 9.17) is 4.74 Å². The lowest BCUT2D eigenvalue weighted by molar-refractivity contribution is -0.160. The lowest BCUT2D eigenvalue weighted by Crippen LogP contribution is -2.60. The predicted molar refractivity (Wildman–Crippen MR) is 60.4 cm³/mol. The minimum atomic E-state index is -0.638. The molecule has 92 valence electrons. The van der Waals surface area contributed by atoms with Crippen molar-refractivity contribution >= 4 is 5.97 Å². The zero-order valence-corrected chi connectivity index (χ0v) is 9.95. The van der Waals surface area contributed by atoms with E-state index >= 15 is 0 Å². The molecule has 1 saturated carbocycles. The second kappa shape index (κ2) is 4.72. The molecule has 1 aliphatic carbocycles. The highest BCUT2D eigenvalue weighted by Gasteiger charge is 2.45. The Morgan fingerprint density at radius 2 is 2.06 bits per heavy atom. The lowest BCUT2D eigenvalue weighted by atomic mass is 9.80. The first-order valence-electron chi connectivity index (χ1n) is 6.25. The highest BCUT2D eigenvalue weighted by Crippen LogP contribution is 2.35. The summed E-state index contributed by atoms with van der Waals surface area (Å²) >= 11 is 0. The highest BCUT2D eigenvalue weighted by molar-refractivity contribution is 5.79. The van der Waals surface area contributed by atoms with E-state index in [1.807, 2.05) is 6.92 Å². The summed E-state index contributed by atoms with van der Waals surface area (Å²) in [5.41, 5.74) is -0.601. The van der Waals surface area contributed by atoms with E-state index in [9.17, 15) is 9.90 Å². The van der Waals surface area contributed by atoms with Gasteiger partial charge in [-0.05, 0) is 19.8 Å². The zero-order valence-electron chi connectivity index (χ0n) is 9.95. The van der Waals surface area contributed by atoms with Gasteiger partial charge in [-0.15, -0.1) is 0 Å². The van der Waals surface area contributed by atoms with Crippen LogP contribution in [0, 0.1) is 0 Å². The van der Waals surface area contributed by atoms with E-state index in [0.717, 1.165) is 38.8 Å². The van der Waals surface area contributed by atoms with Gasteiger partial charge >= 0.3 is 5.97 Å². The molecule has 0 amide bonds. The van der Waals surface area contributed by atoms with E-state index in [2.05, 4.69) is 4.90 Å². The Kier molecular flexibility index (Phi) is 3.50. The van der Waals surface area contributed by atoms with Gasteiger partial charge in [-0.25, -0.2) is 0 Å². The number of aliphatic carboxylic acids is 1. The fourth-order valence-electron chi connectivity index (χ4n) is 3.01. The topological polar surface area (TPSA) is 49.8 Å². The van der Waals surface area contributed by atoms with Gasteiger partial charge in [0.25, 0.3) is 0 Å². The number of carboxylic acids is 1. The average molecular weight is 227 g/mol. The second-order valence-electron chi connectivity index (χ2n) is 5.02. The molecule has 1 atom stereocenters. The molecule has 1 saturated heterocycles. The molecule has 1 N–H and O–H groups in total. The molecule has 2 fully saturated rings. The van der Waals surface area contributed by atoms with Crippen molar-refractivity contribution in [3.05, 3.63) is 0 Å². The number of rotatable bonds is 2. The van der Waals surface area contributed by atoms with Crippen molar-refractivity contribution in [3.63, 3.8) is 0 Å². The molecule has 0 aromatic carbocycles. The van der Waals surface area contributed by atoms with Gasteiger partial charge in [0, 0.05) is 13.1 Å². The number of ether oxygens (including phenoxy) is 1. The van der Waals surface area contributed by atoms with Gasteiger partial charge in [-0.3, -0.25) is 9.69 Å². The number of carbonyl (C=O) groups is 1. The van der Waals surface area contributed by atoms with Crippen LogP contribution in [-0.2, 0) is 9.53 Å². The SMILES string of the molecule is CC1CN(C2(C(=O)O)CCCCC2)CCO1. The third-order valence-electron chi connectivity index (χ3n) is 3.93. The zero-order chi connectivity index (χ0) is 11.6. The molecular weight excluding hydrogens is 206 g/mol. The Hall–Kier alpha value is -0.610. The molecule has 2 rings (SSSR count). The fraction of sp³-hybridized carbons (Fsp3) is 0.917. The Labute approximate surface area is 96.6 Å². The van der Waals surface area contributed by atoms with Crippen molar-refractivity contribution in [1.29, 1.82) is 0 Å². The quantitative estimate of drug-likeness (QED) is 0.776. The number of morpholine rings is 1. The monoisotopic (exact) mass is 227 g/mol. The van der Waals surface area contributed by atoms with Crippen LogP contribution in [0.2, 0.25) is 0 Å². The molecular formula is C12H21NO3. The van der Waals surface area contributed by atoms with Gasteiger partial charge in [-0.1, -0.05) is 19.3 Å². The second-order valence-corrected chi connectivity index (χ2v) is 5.02. The minimum Gasteiger partial charge on any atom is -0.480 e. The first-order valence-corrected chi connectivity index (χ1v) is 6.25. The van der Waals surface area contributed by atoms with E-state index in [-0.39, 0.29) is 6.10 Å². The molecule has 1 aliphatic heterocycles. The summed E-state index contributed by atoms with van der Waals surface area (Å²) in [7, 11) is 0. The molecule has 1 unspecified atom stereocenters. The van der Waals surface area contributed by atoms with Crippen LogP contribution in [0.1, 0.15) is 39.0 Å². The van der Waals surface area contributed by atoms with Crippen LogP contribution in [-0.4, -0.2) is 47.3 Å². The third kappa shape index (κ3) is 2.09. The molecule has 16 heavy (non-hydrogen) atoms. The maximum Gasteiger partial charge on any atom is 0.324 e. The first-order chi connectivity index (χ1) is 7.65. The van der Waals surface area contributed by atoms with Crippen LogP contribution >= 0.6 is 0 Å². The van der Waals surface area contributed by atoms with Crippen LogP contribution in [0.25, 0.3) is 0 Å². The van der Waals surface area contributed by atoms with Gasteiger partial charge in [0.15, 0.2) is 0 Å². The maximum absolute atomic E-state index is 11.6. The molecule has 0 radical (unpaired) electrons. The summed E-state index contributed by atoms with van der Waals surface area (Å²) in [6.07, 6.45) is 5.02. The fourth-order valence-corrected chi connectivity index (χ4v) is 3.01. The molecule has 0 spiro atoms. The van der Waals surface area contributed by atoms with Crippen LogP contribution in [0.4, 0.5) is 0 Å². The van der Waals surface area contributed by atoms with Crippen molar-refractivity contribution < 1.29 is 14.6 Å². The van der Waals surface area contributed by atoms with Gasteiger partial charge in [0.05, 0.1) is 12.7 Å². The predicted octanol–water partition coefficient (Wildman–Crippen LogP) is 1.49. The van der Waals surface area contributed by atoms with Crippen molar-refractivity contribution in [2.75, 3.05) is 19.7 Å². The van der Waals surface area contributed by atoms with E-state index < -0.39 is 11.5 Å². The Bertz CT molecular complexity index is 261. The lowest BCUT2D eigenvalue weighted by Gasteiger charge is -2.46. The van der Waals surface area contributed by atoms with Gasteiger partial charge in [0.2, 0.25) is 0 Å². The summed E-state index contributed by atoms with van der Waals surface area (Å²) in [6.45, 7) is 4.20. The number of nitrogens with zero attached hydrogens (tertiary/aromatic N) is 1. The first kappa shape index (κ1) is 11.9. The molecule has 4 heteroatoms. The Morgan fingerprint density at radius 3 is 2.62 bits per heavy atom. The Morgan fingerprint density at radius 1 is 1.38 bits per heavy atom. The standard InChI is InChI=1S/C12H21NO3/c1-10-9-13(7-8-16-10)12(11(14)15)5-3-2-4-6-12/h10H,2-9H2,1H3,(H,14,15). The molecule has 0 aromatic heterocycles. The number of hydrogen-bond acceptors (Lipinski definition) is 3. The van der Waals surface area contributed by atoms with Crippen molar-refractivity contribution in [2.45, 2.75) is 50.7 Å². The molecule has 1 heterocycles. The average Bonchev–Trinajstić information content (AvgIpc) is 2.30. The number of carboxylic acid groups (broad SMARTS) is 1. The largest absolute Gasteiger partial charge is 0.480 e. The molecule has 2 aliphatic rings. The smallest absolute Gasteiger partial charge is 0.324 e. The van der Waals surface area contributed by atoms with Crippen LogP contribution in [0.15, 0.2) is 0 Å². The molecule has 0 bridgehead atoms. The van der Waals surface area contributed by atoms with E-state index in [1.165, 1.54) is 6.42 Å². The summed E-state index contributed by atoms with van der Waals surface area (Å²) in [6, 6.07) is 0. The molecule has 4 nitrogen and oxygen atoms in total. The highest BCUT2D eigenvalue weighted by atomic mass is 16.5. The van der Waals surface area contributed by atoms with Crippen molar-refractivity contribution in [2.24, 2.45) is 0 Å². The van der Waals surface area contributed by atoms with Gasteiger partial charge in [0.1, 0.15) is 5.54 Å². The van der Waals surface area contributed by atoms with E-state index in [0.29, 0.717) is 6.61 Å². The Balaban J connectivity index is 2.14. The summed E-state index contributed by atoms with van der Waals surface area (Å²) in [5.74, 6) is -0.638. The third-order valence-corrected chi connectivity index (χ3v) is 3.93. The maximum atomic E-state index is 11.6. The molecule has 0 aromatic rings. The minimum absolute atomic E-state index is 0.159. The number of hydrogen-bond donors (Lipinski definition) is 1. The normalized spacial score (nSPS) is 31.2. The van der Waals surface area contributed by atoms with Crippen LogP contribution < -0.4 is 0 Å².